The Morgan fingerprint density at radius 1 is 1.27 bits per heavy atom. The number of aromatic amines is 1. The number of hydrogen-bond donors (Lipinski definition) is 2. The maximum atomic E-state index is 5.97. The molecule has 1 atom stereocenters. The van der Waals surface area contributed by atoms with E-state index in [0.29, 0.717) is 5.92 Å². The number of nitrogens with zero attached hydrogens (tertiary/aromatic N) is 1. The minimum absolute atomic E-state index is 0.0452. The molecule has 80 valence electrons. The number of benzene rings is 1. The lowest BCUT2D eigenvalue weighted by Gasteiger charge is -2.09. The van der Waals surface area contributed by atoms with Crippen LogP contribution < -0.4 is 5.73 Å². The number of nitrogens with two attached hydrogens (primary N) is 1. The summed E-state index contributed by atoms with van der Waals surface area (Å²) in [5.41, 5.74) is 9.32. The highest BCUT2D eigenvalue weighted by Gasteiger charge is 2.14. The van der Waals surface area contributed by atoms with E-state index in [4.69, 9.17) is 5.73 Å². The first-order chi connectivity index (χ1) is 7.11. The molecule has 0 saturated heterocycles. The molecule has 0 radical (unpaired) electrons. The Balaban J connectivity index is 2.75. The van der Waals surface area contributed by atoms with Crippen LogP contribution in [-0.2, 0) is 0 Å². The molecule has 3 N–H and O–H groups in total. The van der Waals surface area contributed by atoms with Crippen molar-refractivity contribution in [3.63, 3.8) is 0 Å². The molecule has 0 amide bonds. The number of fused-ring (bicyclic) bond motifs is 1. The van der Waals surface area contributed by atoms with Crippen LogP contribution in [0.15, 0.2) is 18.2 Å². The topological polar surface area (TPSA) is 54.7 Å². The summed E-state index contributed by atoms with van der Waals surface area (Å²) >= 11 is 0. The molecular weight excluding hydrogens is 186 g/mol. The van der Waals surface area contributed by atoms with Gasteiger partial charge in [-0.3, -0.25) is 5.10 Å². The fourth-order valence-corrected chi connectivity index (χ4v) is 1.92. The van der Waals surface area contributed by atoms with Gasteiger partial charge in [-0.2, -0.15) is 5.10 Å². The Morgan fingerprint density at radius 3 is 2.60 bits per heavy atom. The number of nitrogens with one attached hydrogen (secondary N) is 1. The zero-order valence-corrected chi connectivity index (χ0v) is 9.41. The van der Waals surface area contributed by atoms with Gasteiger partial charge in [0.2, 0.25) is 0 Å². The monoisotopic (exact) mass is 203 g/mol. The summed E-state index contributed by atoms with van der Waals surface area (Å²) in [5, 5.41) is 8.60. The quantitative estimate of drug-likeness (QED) is 0.788. The Morgan fingerprint density at radius 2 is 2.00 bits per heavy atom. The molecule has 2 rings (SSSR count). The standard InChI is InChI=1S/C12H17N3/c1-7(2)12-11-9(8(3)13)5-4-6-10(11)14-15-12/h4-8H,13H2,1-3H3,(H,14,15). The van der Waals surface area contributed by atoms with Gasteiger partial charge in [0, 0.05) is 17.1 Å². The molecule has 3 nitrogen and oxygen atoms in total. The third-order valence-electron chi connectivity index (χ3n) is 2.71. The van der Waals surface area contributed by atoms with E-state index >= 15 is 0 Å². The van der Waals surface area contributed by atoms with Gasteiger partial charge in [-0.15, -0.1) is 0 Å². The molecule has 1 aromatic heterocycles. The molecule has 0 aliphatic rings. The van der Waals surface area contributed by atoms with Gasteiger partial charge in [0.25, 0.3) is 0 Å². The van der Waals surface area contributed by atoms with Crippen LogP contribution in [0.3, 0.4) is 0 Å². The van der Waals surface area contributed by atoms with Crippen molar-refractivity contribution >= 4 is 10.9 Å². The summed E-state index contributed by atoms with van der Waals surface area (Å²) < 4.78 is 0. The number of hydrogen-bond acceptors (Lipinski definition) is 2. The zero-order valence-electron chi connectivity index (χ0n) is 9.41. The van der Waals surface area contributed by atoms with E-state index in [-0.39, 0.29) is 6.04 Å². The molecule has 3 heteroatoms. The second-order valence-electron chi connectivity index (χ2n) is 4.32. The largest absolute Gasteiger partial charge is 0.324 e. The Bertz CT molecular complexity index is 469. The predicted octanol–water partition coefficient (Wildman–Crippen LogP) is 2.71. The fourth-order valence-electron chi connectivity index (χ4n) is 1.92. The van der Waals surface area contributed by atoms with Gasteiger partial charge < -0.3 is 5.73 Å². The van der Waals surface area contributed by atoms with Crippen LogP contribution in [0, 0.1) is 0 Å². The van der Waals surface area contributed by atoms with Crippen LogP contribution in [-0.4, -0.2) is 10.2 Å². The minimum atomic E-state index is 0.0452. The lowest BCUT2D eigenvalue weighted by molar-refractivity contribution is 0.803. The van der Waals surface area contributed by atoms with Gasteiger partial charge in [-0.05, 0) is 24.5 Å². The van der Waals surface area contributed by atoms with Crippen molar-refractivity contribution in [3.05, 3.63) is 29.5 Å². The first-order valence-corrected chi connectivity index (χ1v) is 5.33. The first kappa shape index (κ1) is 10.2. The Hall–Kier alpha value is -1.35. The molecule has 2 aromatic rings. The molecule has 0 aliphatic carbocycles. The van der Waals surface area contributed by atoms with Crippen LogP contribution in [0.25, 0.3) is 10.9 Å². The van der Waals surface area contributed by atoms with Crippen molar-refractivity contribution < 1.29 is 0 Å². The summed E-state index contributed by atoms with van der Waals surface area (Å²) in [6, 6.07) is 6.15. The predicted molar refractivity (Wildman–Crippen MR) is 62.8 cm³/mol. The second-order valence-corrected chi connectivity index (χ2v) is 4.32. The van der Waals surface area contributed by atoms with Crippen LogP contribution in [0.5, 0.6) is 0 Å². The lowest BCUT2D eigenvalue weighted by atomic mass is 9.98. The van der Waals surface area contributed by atoms with Gasteiger partial charge in [0.15, 0.2) is 0 Å². The summed E-state index contributed by atoms with van der Waals surface area (Å²) in [6.45, 7) is 6.32. The molecule has 0 aliphatic heterocycles. The lowest BCUT2D eigenvalue weighted by Crippen LogP contribution is -2.06. The maximum absolute atomic E-state index is 5.97. The normalized spacial score (nSPS) is 13.7. The Kier molecular flexibility index (Phi) is 2.49. The molecule has 0 bridgehead atoms. The summed E-state index contributed by atoms with van der Waals surface area (Å²) in [7, 11) is 0. The average molecular weight is 203 g/mol. The van der Waals surface area contributed by atoms with Crippen molar-refractivity contribution in [3.8, 4) is 0 Å². The number of aromatic nitrogens is 2. The van der Waals surface area contributed by atoms with Crippen molar-refractivity contribution in [2.24, 2.45) is 5.73 Å². The van der Waals surface area contributed by atoms with E-state index in [0.717, 1.165) is 5.52 Å². The molecule has 1 aromatic carbocycles. The Labute approximate surface area is 89.7 Å². The highest BCUT2D eigenvalue weighted by Crippen LogP contribution is 2.28. The third kappa shape index (κ3) is 1.63. The van der Waals surface area contributed by atoms with E-state index in [1.165, 1.54) is 16.6 Å². The molecule has 0 saturated carbocycles. The van der Waals surface area contributed by atoms with E-state index < -0.39 is 0 Å². The van der Waals surface area contributed by atoms with E-state index in [9.17, 15) is 0 Å². The van der Waals surface area contributed by atoms with Crippen LogP contribution in [0.2, 0.25) is 0 Å². The van der Waals surface area contributed by atoms with Gasteiger partial charge in [-0.25, -0.2) is 0 Å². The summed E-state index contributed by atoms with van der Waals surface area (Å²) in [6.07, 6.45) is 0. The summed E-state index contributed by atoms with van der Waals surface area (Å²) in [4.78, 5) is 0. The minimum Gasteiger partial charge on any atom is -0.324 e. The zero-order chi connectivity index (χ0) is 11.0. The van der Waals surface area contributed by atoms with Crippen molar-refractivity contribution in [1.29, 1.82) is 0 Å². The van der Waals surface area contributed by atoms with Crippen molar-refractivity contribution in [2.75, 3.05) is 0 Å². The molecule has 15 heavy (non-hydrogen) atoms. The molecule has 1 heterocycles. The number of H-pyrrole nitrogens is 1. The maximum Gasteiger partial charge on any atom is 0.0927 e. The third-order valence-corrected chi connectivity index (χ3v) is 2.71. The van der Waals surface area contributed by atoms with Crippen LogP contribution in [0.4, 0.5) is 0 Å². The van der Waals surface area contributed by atoms with E-state index in [1.54, 1.807) is 0 Å². The van der Waals surface area contributed by atoms with E-state index in [2.05, 4.69) is 30.1 Å². The van der Waals surface area contributed by atoms with Gasteiger partial charge in [0.05, 0.1) is 5.52 Å². The summed E-state index contributed by atoms with van der Waals surface area (Å²) in [5.74, 6) is 0.440. The molecule has 0 spiro atoms. The number of rotatable bonds is 2. The van der Waals surface area contributed by atoms with Crippen LogP contribution >= 0.6 is 0 Å². The second kappa shape index (κ2) is 3.66. The molecule has 0 fully saturated rings. The van der Waals surface area contributed by atoms with Crippen LogP contribution in [0.1, 0.15) is 44.0 Å². The highest BCUT2D eigenvalue weighted by atomic mass is 15.1. The average Bonchev–Trinajstić information content (AvgIpc) is 2.60. The van der Waals surface area contributed by atoms with Gasteiger partial charge in [0.1, 0.15) is 0 Å². The first-order valence-electron chi connectivity index (χ1n) is 5.33. The highest BCUT2D eigenvalue weighted by molar-refractivity contribution is 5.85. The van der Waals surface area contributed by atoms with E-state index in [1.807, 2.05) is 19.1 Å². The fraction of sp³-hybridized carbons (Fsp3) is 0.417. The molecular formula is C12H17N3. The smallest absolute Gasteiger partial charge is 0.0927 e. The van der Waals surface area contributed by atoms with Gasteiger partial charge >= 0.3 is 0 Å². The van der Waals surface area contributed by atoms with Crippen molar-refractivity contribution in [1.82, 2.24) is 10.2 Å². The molecule has 1 unspecified atom stereocenters. The van der Waals surface area contributed by atoms with Crippen molar-refractivity contribution in [2.45, 2.75) is 32.7 Å². The SMILES string of the molecule is CC(C)c1[nH]nc2cccc(C(C)N)c12. The van der Waals surface area contributed by atoms with Gasteiger partial charge in [-0.1, -0.05) is 26.0 Å².